The number of carbonyl (C=O) groups excluding carboxylic acids is 1. The van der Waals surface area contributed by atoms with E-state index in [0.29, 0.717) is 43.2 Å². The molecule has 1 heterocycles. The molecule has 8 nitrogen and oxygen atoms in total. The Morgan fingerprint density at radius 1 is 0.822 bits per heavy atom. The summed E-state index contributed by atoms with van der Waals surface area (Å²) >= 11 is 5.32. The number of anilines is 1. The second kappa shape index (κ2) is 14.8. The smallest absolute Gasteiger partial charge is 0.257 e. The first-order valence-corrected chi connectivity index (χ1v) is 16.9. The molecule has 1 saturated heterocycles. The van der Waals surface area contributed by atoms with Gasteiger partial charge in [-0.2, -0.15) is 4.31 Å². The van der Waals surface area contributed by atoms with Gasteiger partial charge >= 0.3 is 0 Å². The number of sulfonamides is 1. The van der Waals surface area contributed by atoms with Gasteiger partial charge in [0.2, 0.25) is 10.0 Å². The van der Waals surface area contributed by atoms with E-state index in [0.717, 1.165) is 6.42 Å². The zero-order chi connectivity index (χ0) is 31.8. The van der Waals surface area contributed by atoms with Crippen molar-refractivity contribution < 1.29 is 17.9 Å². The van der Waals surface area contributed by atoms with Crippen LogP contribution < -0.4 is 15.4 Å². The van der Waals surface area contributed by atoms with E-state index in [4.69, 9.17) is 17.0 Å². The Bertz CT molecular complexity index is 1640. The monoisotopic (exact) mass is 642 g/mol. The van der Waals surface area contributed by atoms with Crippen molar-refractivity contribution in [1.82, 2.24) is 14.5 Å². The first-order chi connectivity index (χ1) is 21.7. The van der Waals surface area contributed by atoms with Crippen LogP contribution in [0.2, 0.25) is 0 Å². The summed E-state index contributed by atoms with van der Waals surface area (Å²) in [6.45, 7) is 6.02. The van der Waals surface area contributed by atoms with Gasteiger partial charge in [-0.05, 0) is 85.2 Å². The maximum absolute atomic E-state index is 13.5. The Hall–Kier alpha value is -4.09. The Kier molecular flexibility index (Phi) is 10.6. The molecule has 0 aliphatic carbocycles. The van der Waals surface area contributed by atoms with Gasteiger partial charge in [-0.3, -0.25) is 15.0 Å². The predicted molar refractivity (Wildman–Crippen MR) is 182 cm³/mol. The highest BCUT2D eigenvalue weighted by molar-refractivity contribution is 7.89. The van der Waals surface area contributed by atoms with Crippen LogP contribution in [-0.4, -0.2) is 60.9 Å². The van der Waals surface area contributed by atoms with Gasteiger partial charge in [0.25, 0.3) is 5.91 Å². The third-order valence-corrected chi connectivity index (χ3v) is 9.99. The van der Waals surface area contributed by atoms with Gasteiger partial charge in [-0.15, -0.1) is 0 Å². The summed E-state index contributed by atoms with van der Waals surface area (Å²) in [4.78, 5) is 15.2. The molecule has 234 valence electrons. The van der Waals surface area contributed by atoms with Crippen LogP contribution >= 0.6 is 12.2 Å². The number of rotatable bonds is 10. The second-order valence-electron chi connectivity index (χ2n) is 11.0. The van der Waals surface area contributed by atoms with E-state index in [1.807, 2.05) is 50.2 Å². The number of carbonyl (C=O) groups is 1. The molecule has 0 saturated carbocycles. The number of ether oxygens (including phenoxy) is 1. The molecule has 1 fully saturated rings. The molecule has 1 unspecified atom stereocenters. The maximum atomic E-state index is 13.5. The zero-order valence-corrected chi connectivity index (χ0v) is 27.1. The molecule has 1 atom stereocenters. The van der Waals surface area contributed by atoms with Crippen LogP contribution in [0, 0.1) is 0 Å². The minimum atomic E-state index is -3.69. The Morgan fingerprint density at radius 2 is 1.38 bits per heavy atom. The molecular formula is C35H38N4O4S2. The van der Waals surface area contributed by atoms with Crippen molar-refractivity contribution in [2.24, 2.45) is 0 Å². The fraction of sp³-hybridized carbons (Fsp3) is 0.257. The molecule has 5 rings (SSSR count). The first-order valence-electron chi connectivity index (χ1n) is 15.1. The summed E-state index contributed by atoms with van der Waals surface area (Å²) in [7, 11) is -3.69. The predicted octanol–water partition coefficient (Wildman–Crippen LogP) is 6.09. The van der Waals surface area contributed by atoms with E-state index in [1.165, 1.54) is 11.1 Å². The summed E-state index contributed by atoms with van der Waals surface area (Å²) in [5, 5.41) is 5.72. The topological polar surface area (TPSA) is 91.0 Å². The van der Waals surface area contributed by atoms with Crippen LogP contribution in [0.15, 0.2) is 114 Å². The Labute approximate surface area is 271 Å². The summed E-state index contributed by atoms with van der Waals surface area (Å²) in [6.07, 6.45) is 0.974. The van der Waals surface area contributed by atoms with Crippen molar-refractivity contribution in [3.63, 3.8) is 0 Å². The van der Waals surface area contributed by atoms with Gasteiger partial charge in [-0.1, -0.05) is 67.6 Å². The quantitative estimate of drug-likeness (QED) is 0.203. The van der Waals surface area contributed by atoms with Gasteiger partial charge in [0.1, 0.15) is 5.75 Å². The molecular weight excluding hydrogens is 605 g/mol. The first kappa shape index (κ1) is 32.3. The highest BCUT2D eigenvalue weighted by atomic mass is 32.2. The van der Waals surface area contributed by atoms with Gasteiger partial charge in [-0.25, -0.2) is 8.42 Å². The third kappa shape index (κ3) is 8.15. The van der Waals surface area contributed by atoms with Crippen molar-refractivity contribution in [3.8, 4) is 5.75 Å². The molecule has 1 aliphatic rings. The zero-order valence-electron chi connectivity index (χ0n) is 25.4. The van der Waals surface area contributed by atoms with Gasteiger partial charge in [0, 0.05) is 37.4 Å². The largest absolute Gasteiger partial charge is 0.491 e. The highest BCUT2D eigenvalue weighted by Gasteiger charge is 2.32. The number of benzene rings is 4. The maximum Gasteiger partial charge on any atom is 0.257 e. The number of nitrogens with one attached hydrogen (secondary N) is 2. The molecule has 4 aromatic carbocycles. The Morgan fingerprint density at radius 3 is 1.91 bits per heavy atom. The lowest BCUT2D eigenvalue weighted by molar-refractivity contribution is 0.0977. The van der Waals surface area contributed by atoms with Crippen molar-refractivity contribution in [1.29, 1.82) is 0 Å². The minimum Gasteiger partial charge on any atom is -0.491 e. The van der Waals surface area contributed by atoms with Crippen LogP contribution in [0.4, 0.5) is 5.69 Å². The highest BCUT2D eigenvalue weighted by Crippen LogP contribution is 2.30. The number of nitrogens with zero attached hydrogens (tertiary/aromatic N) is 2. The van der Waals surface area contributed by atoms with E-state index in [1.54, 1.807) is 52.8 Å². The summed E-state index contributed by atoms with van der Waals surface area (Å²) in [5.41, 5.74) is 3.37. The third-order valence-electron chi connectivity index (χ3n) is 7.87. The van der Waals surface area contributed by atoms with E-state index in [-0.39, 0.29) is 28.1 Å². The average molecular weight is 643 g/mol. The fourth-order valence-corrected chi connectivity index (χ4v) is 6.92. The van der Waals surface area contributed by atoms with Crippen LogP contribution in [-0.2, 0) is 10.0 Å². The lowest BCUT2D eigenvalue weighted by Gasteiger charge is -2.39. The molecule has 0 spiro atoms. The number of amides is 1. The molecule has 1 amide bonds. The van der Waals surface area contributed by atoms with Gasteiger partial charge < -0.3 is 10.1 Å². The molecule has 4 aromatic rings. The van der Waals surface area contributed by atoms with Crippen molar-refractivity contribution in [3.05, 3.63) is 126 Å². The van der Waals surface area contributed by atoms with Crippen molar-refractivity contribution in [2.75, 3.05) is 31.5 Å². The van der Waals surface area contributed by atoms with Gasteiger partial charge in [0.05, 0.1) is 17.0 Å². The summed E-state index contributed by atoms with van der Waals surface area (Å²) < 4.78 is 34.4. The SMILES string of the molecule is CCC(C)Oc1ccc(C(=O)NC(=S)Nc2ccc(S(=O)(=O)N3CCN(C(c4ccccc4)c4ccccc4)CC3)cc2)cc1. The second-order valence-corrected chi connectivity index (χ2v) is 13.3. The molecule has 0 bridgehead atoms. The van der Waals surface area contributed by atoms with Crippen LogP contribution in [0.25, 0.3) is 0 Å². The summed E-state index contributed by atoms with van der Waals surface area (Å²) in [5.74, 6) is 0.338. The summed E-state index contributed by atoms with van der Waals surface area (Å²) in [6, 6.07) is 33.9. The fourth-order valence-electron chi connectivity index (χ4n) is 5.28. The lowest BCUT2D eigenvalue weighted by Crippen LogP contribution is -2.49. The van der Waals surface area contributed by atoms with E-state index >= 15 is 0 Å². The molecule has 0 aromatic heterocycles. The number of piperazine rings is 1. The van der Waals surface area contributed by atoms with Crippen LogP contribution in [0.3, 0.4) is 0 Å². The lowest BCUT2D eigenvalue weighted by atomic mass is 9.96. The standard InChI is InChI=1S/C35H38N4O4S2/c1-3-26(2)43-31-18-14-29(15-19-31)34(40)37-35(44)36-30-16-20-32(21-17-30)45(41,42)39-24-22-38(23-25-39)33(27-10-6-4-7-11-27)28-12-8-5-9-13-28/h4-21,26,33H,3,22-25H2,1-2H3,(H2,36,37,40,44). The number of thiocarbonyl (C=S) groups is 1. The molecule has 1 aliphatic heterocycles. The van der Waals surface area contributed by atoms with Gasteiger partial charge in [0.15, 0.2) is 5.11 Å². The van der Waals surface area contributed by atoms with Crippen LogP contribution in [0.1, 0.15) is 47.8 Å². The Balaban J connectivity index is 1.17. The molecule has 10 heteroatoms. The van der Waals surface area contributed by atoms with E-state index < -0.39 is 10.0 Å². The number of hydrogen-bond donors (Lipinski definition) is 2. The minimum absolute atomic E-state index is 0.0509. The number of hydrogen-bond acceptors (Lipinski definition) is 6. The van der Waals surface area contributed by atoms with E-state index in [9.17, 15) is 13.2 Å². The van der Waals surface area contributed by atoms with E-state index in [2.05, 4.69) is 39.8 Å². The average Bonchev–Trinajstić information content (AvgIpc) is 3.06. The molecule has 0 radical (unpaired) electrons. The normalized spacial score (nSPS) is 14.9. The van der Waals surface area contributed by atoms with Crippen LogP contribution in [0.5, 0.6) is 5.75 Å². The van der Waals surface area contributed by atoms with Crippen molar-refractivity contribution >= 4 is 38.9 Å². The molecule has 45 heavy (non-hydrogen) atoms. The molecule has 2 N–H and O–H groups in total. The van der Waals surface area contributed by atoms with Crippen molar-refractivity contribution in [2.45, 2.75) is 37.3 Å².